The van der Waals surface area contributed by atoms with E-state index in [1.54, 1.807) is 18.2 Å². The van der Waals surface area contributed by atoms with Crippen molar-refractivity contribution in [2.75, 3.05) is 0 Å². The molecular formula is C14H14ClFN2O2S. The Bertz CT molecular complexity index is 730. The van der Waals surface area contributed by atoms with Gasteiger partial charge in [-0.2, -0.15) is 0 Å². The van der Waals surface area contributed by atoms with Gasteiger partial charge in [0.05, 0.1) is 4.90 Å². The van der Waals surface area contributed by atoms with E-state index in [0.717, 1.165) is 5.56 Å². The Morgan fingerprint density at radius 1 is 1.14 bits per heavy atom. The Morgan fingerprint density at radius 3 is 2.52 bits per heavy atom. The van der Waals surface area contributed by atoms with Gasteiger partial charge in [-0.3, -0.25) is 0 Å². The zero-order chi connectivity index (χ0) is 15.5. The number of hydrogen-bond donors (Lipinski definition) is 2. The maximum Gasteiger partial charge on any atom is 0.238 e. The predicted molar refractivity (Wildman–Crippen MR) is 79.8 cm³/mol. The van der Waals surface area contributed by atoms with Gasteiger partial charge in [-0.1, -0.05) is 29.8 Å². The normalized spacial score (nSPS) is 11.6. The number of sulfonamides is 1. The fourth-order valence-electron chi connectivity index (χ4n) is 1.87. The Balaban J connectivity index is 2.04. The molecule has 0 aliphatic carbocycles. The molecule has 0 aromatic heterocycles. The summed E-state index contributed by atoms with van der Waals surface area (Å²) >= 11 is 5.92. The number of nitrogens with two attached hydrogens (primary N) is 1. The van der Waals surface area contributed by atoms with Gasteiger partial charge in [0.15, 0.2) is 0 Å². The lowest BCUT2D eigenvalue weighted by Gasteiger charge is -2.08. The van der Waals surface area contributed by atoms with E-state index in [-0.39, 0.29) is 17.3 Å². The molecule has 7 heteroatoms. The highest BCUT2D eigenvalue weighted by molar-refractivity contribution is 7.89. The Kier molecular flexibility index (Phi) is 4.95. The lowest BCUT2D eigenvalue weighted by Crippen LogP contribution is -2.16. The molecule has 4 nitrogen and oxygen atoms in total. The fourth-order valence-corrected chi connectivity index (χ4v) is 2.68. The summed E-state index contributed by atoms with van der Waals surface area (Å²) in [5.41, 5.74) is 1.11. The zero-order valence-corrected chi connectivity index (χ0v) is 12.6. The lowest BCUT2D eigenvalue weighted by molar-refractivity contribution is 0.587. The zero-order valence-electron chi connectivity index (χ0n) is 11.0. The second-order valence-electron chi connectivity index (χ2n) is 4.50. The number of benzene rings is 2. The molecule has 0 aliphatic rings. The minimum atomic E-state index is -3.72. The van der Waals surface area contributed by atoms with Crippen molar-refractivity contribution >= 4 is 21.6 Å². The average Bonchev–Trinajstić information content (AvgIpc) is 2.41. The molecule has 2 aromatic carbocycles. The number of hydrogen-bond acceptors (Lipinski definition) is 3. The third kappa shape index (κ3) is 4.25. The first-order valence-corrected chi connectivity index (χ1v) is 8.06. The molecule has 0 amide bonds. The molecule has 2 aromatic rings. The van der Waals surface area contributed by atoms with E-state index in [0.29, 0.717) is 17.1 Å². The van der Waals surface area contributed by atoms with Gasteiger partial charge >= 0.3 is 0 Å². The number of nitrogens with one attached hydrogen (secondary N) is 1. The molecule has 3 N–H and O–H groups in total. The van der Waals surface area contributed by atoms with Crippen LogP contribution in [0, 0.1) is 5.82 Å². The van der Waals surface area contributed by atoms with Gasteiger partial charge in [0.1, 0.15) is 5.82 Å². The van der Waals surface area contributed by atoms with Gasteiger partial charge in [-0.25, -0.2) is 17.9 Å². The van der Waals surface area contributed by atoms with E-state index in [4.69, 9.17) is 16.7 Å². The van der Waals surface area contributed by atoms with Crippen LogP contribution in [0.2, 0.25) is 5.02 Å². The second-order valence-corrected chi connectivity index (χ2v) is 6.46. The first kappa shape index (κ1) is 15.9. The van der Waals surface area contributed by atoms with E-state index in [9.17, 15) is 12.8 Å². The summed E-state index contributed by atoms with van der Waals surface area (Å²) in [5.74, 6) is -0.381. The average molecular weight is 329 g/mol. The standard InChI is InChI=1S/C14H14ClFN2O2S/c15-13-5-2-6-14(16)12(13)9-18-8-10-3-1-4-11(7-10)21(17,19)20/h1-7,18H,8-9H2,(H2,17,19,20). The highest BCUT2D eigenvalue weighted by Gasteiger charge is 2.09. The largest absolute Gasteiger partial charge is 0.308 e. The molecule has 0 saturated carbocycles. The van der Waals surface area contributed by atoms with Crippen LogP contribution in [0.1, 0.15) is 11.1 Å². The Labute approximate surface area is 127 Å². The molecule has 112 valence electrons. The van der Waals surface area contributed by atoms with E-state index in [1.165, 1.54) is 24.3 Å². The molecule has 0 spiro atoms. The summed E-state index contributed by atoms with van der Waals surface area (Å²) in [5, 5.41) is 8.44. The third-order valence-electron chi connectivity index (χ3n) is 2.92. The van der Waals surface area contributed by atoms with Crippen LogP contribution in [0.15, 0.2) is 47.4 Å². The minimum absolute atomic E-state index is 0.0470. The molecule has 0 aliphatic heterocycles. The van der Waals surface area contributed by atoms with Gasteiger partial charge in [-0.05, 0) is 29.8 Å². The quantitative estimate of drug-likeness (QED) is 0.885. The molecule has 0 bridgehead atoms. The molecule has 0 fully saturated rings. The molecule has 0 radical (unpaired) electrons. The van der Waals surface area contributed by atoms with Crippen molar-refractivity contribution in [3.05, 3.63) is 64.4 Å². The summed E-state index contributed by atoms with van der Waals surface area (Å²) in [6, 6.07) is 10.7. The van der Waals surface area contributed by atoms with Crippen LogP contribution in [-0.4, -0.2) is 8.42 Å². The van der Waals surface area contributed by atoms with E-state index >= 15 is 0 Å². The molecule has 0 unspecified atom stereocenters. The number of rotatable bonds is 5. The molecule has 2 rings (SSSR count). The van der Waals surface area contributed by atoms with Crippen molar-refractivity contribution in [1.29, 1.82) is 0 Å². The predicted octanol–water partition coefficient (Wildman–Crippen LogP) is 2.42. The first-order chi connectivity index (χ1) is 9.88. The Morgan fingerprint density at radius 2 is 1.86 bits per heavy atom. The molecule has 0 saturated heterocycles. The summed E-state index contributed by atoms with van der Waals surface area (Å²) < 4.78 is 36.1. The van der Waals surface area contributed by atoms with Gasteiger partial charge in [0.25, 0.3) is 0 Å². The van der Waals surface area contributed by atoms with Crippen molar-refractivity contribution in [2.45, 2.75) is 18.0 Å². The monoisotopic (exact) mass is 328 g/mol. The van der Waals surface area contributed by atoms with Crippen molar-refractivity contribution in [3.8, 4) is 0 Å². The van der Waals surface area contributed by atoms with Crippen LogP contribution in [0.5, 0.6) is 0 Å². The molecule has 0 atom stereocenters. The third-order valence-corrected chi connectivity index (χ3v) is 4.18. The smallest absolute Gasteiger partial charge is 0.238 e. The maximum atomic E-state index is 13.6. The maximum absolute atomic E-state index is 13.6. The molecule has 0 heterocycles. The van der Waals surface area contributed by atoms with Crippen molar-refractivity contribution in [2.24, 2.45) is 5.14 Å². The summed E-state index contributed by atoms with van der Waals surface area (Å²) in [6.07, 6.45) is 0. The fraction of sp³-hybridized carbons (Fsp3) is 0.143. The van der Waals surface area contributed by atoms with E-state index < -0.39 is 10.0 Å². The van der Waals surface area contributed by atoms with Crippen LogP contribution in [0.4, 0.5) is 4.39 Å². The SMILES string of the molecule is NS(=O)(=O)c1cccc(CNCc2c(F)cccc2Cl)c1. The topological polar surface area (TPSA) is 72.2 Å². The van der Waals surface area contributed by atoms with Gasteiger partial charge in [0, 0.05) is 23.7 Å². The van der Waals surface area contributed by atoms with E-state index in [2.05, 4.69) is 5.32 Å². The van der Waals surface area contributed by atoms with Crippen LogP contribution in [0.3, 0.4) is 0 Å². The van der Waals surface area contributed by atoms with Crippen LogP contribution < -0.4 is 10.5 Å². The Hall–Kier alpha value is -1.47. The van der Waals surface area contributed by atoms with Gasteiger partial charge < -0.3 is 5.32 Å². The number of halogens is 2. The molecular weight excluding hydrogens is 315 g/mol. The second kappa shape index (κ2) is 6.53. The van der Waals surface area contributed by atoms with Gasteiger partial charge in [0.2, 0.25) is 10.0 Å². The summed E-state index contributed by atoms with van der Waals surface area (Å²) in [6.45, 7) is 0.610. The van der Waals surface area contributed by atoms with Crippen molar-refractivity contribution < 1.29 is 12.8 Å². The lowest BCUT2D eigenvalue weighted by atomic mass is 10.2. The summed E-state index contributed by atoms with van der Waals surface area (Å²) in [4.78, 5) is 0.0470. The van der Waals surface area contributed by atoms with Crippen LogP contribution >= 0.6 is 11.6 Å². The number of primary sulfonamides is 1. The van der Waals surface area contributed by atoms with Gasteiger partial charge in [-0.15, -0.1) is 0 Å². The van der Waals surface area contributed by atoms with Crippen molar-refractivity contribution in [3.63, 3.8) is 0 Å². The highest BCUT2D eigenvalue weighted by Crippen LogP contribution is 2.18. The van der Waals surface area contributed by atoms with E-state index in [1.807, 2.05) is 0 Å². The van der Waals surface area contributed by atoms with Crippen LogP contribution in [0.25, 0.3) is 0 Å². The van der Waals surface area contributed by atoms with Crippen molar-refractivity contribution in [1.82, 2.24) is 5.32 Å². The first-order valence-electron chi connectivity index (χ1n) is 6.13. The molecule has 21 heavy (non-hydrogen) atoms. The minimum Gasteiger partial charge on any atom is -0.308 e. The summed E-state index contributed by atoms with van der Waals surface area (Å²) in [7, 11) is -3.72. The van der Waals surface area contributed by atoms with Crippen LogP contribution in [-0.2, 0) is 23.1 Å². The highest BCUT2D eigenvalue weighted by atomic mass is 35.5.